The quantitative estimate of drug-likeness (QED) is 0.180. The van der Waals surface area contributed by atoms with Crippen molar-refractivity contribution in [3.05, 3.63) is 193 Å². The Kier molecular flexibility index (Phi) is 6.56. The van der Waals surface area contributed by atoms with Gasteiger partial charge in [0.05, 0.1) is 33.8 Å². The van der Waals surface area contributed by atoms with Crippen LogP contribution in [0.1, 0.15) is 25.0 Å². The first-order valence-corrected chi connectivity index (χ1v) is 17.8. The van der Waals surface area contributed by atoms with Crippen LogP contribution in [0.5, 0.6) is 0 Å². The van der Waals surface area contributed by atoms with E-state index in [0.29, 0.717) is 0 Å². The highest BCUT2D eigenvalue weighted by atomic mass is 15.2. The summed E-state index contributed by atoms with van der Waals surface area (Å²) in [6.07, 6.45) is 0. The maximum atomic E-state index is 2.50. The van der Waals surface area contributed by atoms with E-state index in [2.05, 4.69) is 205 Å². The smallest absolute Gasteiger partial charge is 0.0702 e. The van der Waals surface area contributed by atoms with Gasteiger partial charge in [0.2, 0.25) is 0 Å². The summed E-state index contributed by atoms with van der Waals surface area (Å²) < 4.78 is 2.44. The van der Waals surface area contributed by atoms with E-state index in [1.807, 2.05) is 0 Å². The number of rotatable bonds is 5. The molecule has 9 aromatic rings. The molecule has 0 atom stereocenters. The summed E-state index contributed by atoms with van der Waals surface area (Å²) in [7, 11) is 0. The molecule has 1 aromatic heterocycles. The van der Waals surface area contributed by atoms with Crippen LogP contribution in [0.15, 0.2) is 182 Å². The maximum absolute atomic E-state index is 2.50. The lowest BCUT2D eigenvalue weighted by atomic mass is 9.82. The fraction of sp³-hybridized carbons (Fsp3) is 0.0612. The standard InChI is InChI=1S/C49H36N2/c1-49(2)40-25-9-5-23-39(40)48-38(24-16-26-41(48)49)37-22-8-12-29-45(37)50(42-32-15-18-33-17-3-4-19-34(33)42)46-30-13-14-31-47(46)51-43-27-10-6-20-35(43)36-21-7-11-28-44(36)51/h3-32H,1-2H3. The number of benzene rings is 8. The van der Waals surface area contributed by atoms with E-state index in [9.17, 15) is 0 Å². The molecular weight excluding hydrogens is 617 g/mol. The van der Waals surface area contributed by atoms with Crippen LogP contribution in [0.4, 0.5) is 17.1 Å². The molecule has 8 aromatic carbocycles. The lowest BCUT2D eigenvalue weighted by molar-refractivity contribution is 0.660. The third-order valence-corrected chi connectivity index (χ3v) is 11.0. The van der Waals surface area contributed by atoms with E-state index in [1.165, 1.54) is 66.0 Å². The zero-order valence-electron chi connectivity index (χ0n) is 28.7. The predicted octanol–water partition coefficient (Wildman–Crippen LogP) is 13.4. The number of hydrogen-bond acceptors (Lipinski definition) is 1. The average molecular weight is 653 g/mol. The molecule has 0 saturated heterocycles. The molecule has 2 heteroatoms. The van der Waals surface area contributed by atoms with E-state index in [1.54, 1.807) is 0 Å². The number of nitrogens with zero attached hydrogens (tertiary/aromatic N) is 2. The highest BCUT2D eigenvalue weighted by molar-refractivity contribution is 6.10. The lowest BCUT2D eigenvalue weighted by Crippen LogP contribution is -2.15. The van der Waals surface area contributed by atoms with Gasteiger partial charge in [0.15, 0.2) is 0 Å². The first-order chi connectivity index (χ1) is 25.1. The molecule has 1 aliphatic rings. The van der Waals surface area contributed by atoms with Crippen molar-refractivity contribution in [1.29, 1.82) is 0 Å². The maximum Gasteiger partial charge on any atom is 0.0702 e. The summed E-state index contributed by atoms with van der Waals surface area (Å²) in [5.74, 6) is 0. The number of anilines is 3. The SMILES string of the molecule is CC1(C)c2ccccc2-c2c(-c3ccccc3N(c3ccccc3-n3c4ccccc4c4ccccc43)c3cccc4ccccc34)cccc21. The van der Waals surface area contributed by atoms with E-state index >= 15 is 0 Å². The third-order valence-electron chi connectivity index (χ3n) is 11.0. The van der Waals surface area contributed by atoms with Gasteiger partial charge in [0.25, 0.3) is 0 Å². The van der Waals surface area contributed by atoms with E-state index in [0.717, 1.165) is 22.7 Å². The Morgan fingerprint density at radius 3 is 1.69 bits per heavy atom. The van der Waals surface area contributed by atoms with Crippen molar-refractivity contribution in [2.75, 3.05) is 4.90 Å². The van der Waals surface area contributed by atoms with Crippen molar-refractivity contribution >= 4 is 49.6 Å². The third kappa shape index (κ3) is 4.36. The normalized spacial score (nSPS) is 13.1. The molecule has 0 N–H and O–H groups in total. The van der Waals surface area contributed by atoms with E-state index in [4.69, 9.17) is 0 Å². The summed E-state index contributed by atoms with van der Waals surface area (Å²) >= 11 is 0. The van der Waals surface area contributed by atoms with Crippen molar-refractivity contribution in [2.24, 2.45) is 0 Å². The minimum absolute atomic E-state index is 0.0880. The Hall–Kier alpha value is -6.38. The first kappa shape index (κ1) is 29.5. The van der Waals surface area contributed by atoms with Crippen molar-refractivity contribution in [2.45, 2.75) is 19.3 Å². The largest absolute Gasteiger partial charge is 0.307 e. The predicted molar refractivity (Wildman–Crippen MR) is 216 cm³/mol. The molecule has 242 valence electrons. The minimum Gasteiger partial charge on any atom is -0.307 e. The zero-order valence-corrected chi connectivity index (χ0v) is 28.7. The van der Waals surface area contributed by atoms with Gasteiger partial charge in [-0.25, -0.2) is 0 Å². The van der Waals surface area contributed by atoms with Crippen molar-refractivity contribution in [3.63, 3.8) is 0 Å². The van der Waals surface area contributed by atoms with Gasteiger partial charge in [-0.2, -0.15) is 0 Å². The Morgan fingerprint density at radius 1 is 0.392 bits per heavy atom. The van der Waals surface area contributed by atoms with Crippen LogP contribution in [-0.2, 0) is 5.41 Å². The van der Waals surface area contributed by atoms with Crippen molar-refractivity contribution in [1.82, 2.24) is 4.57 Å². The molecule has 0 radical (unpaired) electrons. The van der Waals surface area contributed by atoms with Crippen molar-refractivity contribution in [3.8, 4) is 27.9 Å². The van der Waals surface area contributed by atoms with Crippen LogP contribution in [0, 0.1) is 0 Å². The van der Waals surface area contributed by atoms with E-state index < -0.39 is 0 Å². The number of para-hydroxylation sites is 5. The molecule has 0 saturated carbocycles. The van der Waals surface area contributed by atoms with Gasteiger partial charge in [0, 0.05) is 27.1 Å². The molecular formula is C49H36N2. The molecule has 0 aliphatic heterocycles. The Morgan fingerprint density at radius 2 is 0.902 bits per heavy atom. The highest BCUT2D eigenvalue weighted by Gasteiger charge is 2.37. The molecule has 1 aliphatic carbocycles. The molecule has 0 unspecified atom stereocenters. The molecule has 51 heavy (non-hydrogen) atoms. The van der Waals surface area contributed by atoms with Gasteiger partial charge in [-0.05, 0) is 69.6 Å². The van der Waals surface area contributed by atoms with Crippen LogP contribution >= 0.6 is 0 Å². The molecule has 1 heterocycles. The van der Waals surface area contributed by atoms with Crippen LogP contribution in [0.3, 0.4) is 0 Å². The molecule has 0 bridgehead atoms. The van der Waals surface area contributed by atoms with Crippen LogP contribution in [0.2, 0.25) is 0 Å². The fourth-order valence-corrected chi connectivity index (χ4v) is 8.69. The summed E-state index contributed by atoms with van der Waals surface area (Å²) in [4.78, 5) is 2.50. The van der Waals surface area contributed by atoms with Gasteiger partial charge < -0.3 is 9.47 Å². The number of fused-ring (bicyclic) bond motifs is 7. The molecule has 0 fully saturated rings. The average Bonchev–Trinajstić information content (AvgIpc) is 3.64. The topological polar surface area (TPSA) is 8.17 Å². The highest BCUT2D eigenvalue weighted by Crippen LogP contribution is 2.54. The fourth-order valence-electron chi connectivity index (χ4n) is 8.69. The van der Waals surface area contributed by atoms with E-state index in [-0.39, 0.29) is 5.41 Å². The first-order valence-electron chi connectivity index (χ1n) is 17.8. The van der Waals surface area contributed by atoms with Crippen molar-refractivity contribution < 1.29 is 0 Å². The monoisotopic (exact) mass is 652 g/mol. The zero-order chi connectivity index (χ0) is 34.1. The van der Waals surface area contributed by atoms with Crippen LogP contribution in [0.25, 0.3) is 60.5 Å². The van der Waals surface area contributed by atoms with Gasteiger partial charge in [-0.1, -0.05) is 159 Å². The van der Waals surface area contributed by atoms with Gasteiger partial charge in [-0.3, -0.25) is 0 Å². The second kappa shape index (κ2) is 11.3. The summed E-state index contributed by atoms with van der Waals surface area (Å²) in [5.41, 5.74) is 14.7. The Balaban J connectivity index is 1.30. The van der Waals surface area contributed by atoms with Gasteiger partial charge >= 0.3 is 0 Å². The van der Waals surface area contributed by atoms with Crippen LogP contribution in [-0.4, -0.2) is 4.57 Å². The molecule has 2 nitrogen and oxygen atoms in total. The summed E-state index contributed by atoms with van der Waals surface area (Å²) in [6.45, 7) is 4.72. The lowest BCUT2D eigenvalue weighted by Gasteiger charge is -2.31. The minimum atomic E-state index is -0.0880. The Labute approximate surface area is 298 Å². The Bertz CT molecular complexity index is 2740. The van der Waals surface area contributed by atoms with Crippen LogP contribution < -0.4 is 4.90 Å². The number of aromatic nitrogens is 1. The molecule has 0 amide bonds. The molecule has 0 spiro atoms. The summed E-state index contributed by atoms with van der Waals surface area (Å²) in [6, 6.07) is 66.7. The molecule has 10 rings (SSSR count). The second-order valence-electron chi connectivity index (χ2n) is 14.1. The van der Waals surface area contributed by atoms with Gasteiger partial charge in [-0.15, -0.1) is 0 Å². The number of hydrogen-bond donors (Lipinski definition) is 0. The second-order valence-corrected chi connectivity index (χ2v) is 14.1. The van der Waals surface area contributed by atoms with Gasteiger partial charge in [0.1, 0.15) is 0 Å². The summed E-state index contributed by atoms with van der Waals surface area (Å²) in [5, 5.41) is 4.92.